The Morgan fingerprint density at radius 1 is 1.54 bits per heavy atom. The van der Waals surface area contributed by atoms with E-state index in [1.165, 1.54) is 20.0 Å². The van der Waals surface area contributed by atoms with Crippen LogP contribution in [0.5, 0.6) is 0 Å². The molecule has 1 aliphatic carbocycles. The summed E-state index contributed by atoms with van der Waals surface area (Å²) in [6.45, 7) is 0.741. The van der Waals surface area contributed by atoms with Crippen molar-refractivity contribution in [1.82, 2.24) is 10.6 Å². The molecule has 0 aromatic rings. The highest BCUT2D eigenvalue weighted by molar-refractivity contribution is 5.66. The molecule has 0 aromatic heterocycles. The lowest BCUT2D eigenvalue weighted by Crippen LogP contribution is -2.29. The van der Waals surface area contributed by atoms with Crippen molar-refractivity contribution in [3.8, 4) is 0 Å². The van der Waals surface area contributed by atoms with Crippen molar-refractivity contribution in [2.75, 3.05) is 20.7 Å². The maximum absolute atomic E-state index is 10.8. The molecule has 1 aliphatic rings. The molecule has 0 aliphatic heterocycles. The van der Waals surface area contributed by atoms with Crippen molar-refractivity contribution in [3.05, 3.63) is 0 Å². The number of ether oxygens (including phenoxy) is 1. The Bertz CT molecular complexity index is 173. The lowest BCUT2D eigenvalue weighted by atomic mass is 10.1. The summed E-state index contributed by atoms with van der Waals surface area (Å²) in [5.41, 5.74) is 0. The highest BCUT2D eigenvalue weighted by Gasteiger charge is 2.23. The number of amides is 1. The highest BCUT2D eigenvalue weighted by atomic mass is 16.5. The minimum absolute atomic E-state index is 0.326. The molecule has 4 nitrogen and oxygen atoms in total. The molecule has 2 N–H and O–H groups in total. The van der Waals surface area contributed by atoms with E-state index in [9.17, 15) is 4.79 Å². The topological polar surface area (TPSA) is 50.4 Å². The summed E-state index contributed by atoms with van der Waals surface area (Å²) in [7, 11) is 3.38. The van der Waals surface area contributed by atoms with Crippen LogP contribution in [0.3, 0.4) is 0 Å². The van der Waals surface area contributed by atoms with E-state index >= 15 is 0 Å². The normalized spacial score (nSPS) is 27.2. The molecule has 0 heterocycles. The van der Waals surface area contributed by atoms with Gasteiger partial charge in [0.1, 0.15) is 0 Å². The third-order valence-corrected chi connectivity index (χ3v) is 2.67. The predicted molar refractivity (Wildman–Crippen MR) is 50.6 cm³/mol. The average molecular weight is 186 g/mol. The zero-order valence-corrected chi connectivity index (χ0v) is 8.30. The molecular formula is C9H18N2O2. The third kappa shape index (κ3) is 3.22. The third-order valence-electron chi connectivity index (χ3n) is 2.67. The van der Waals surface area contributed by atoms with Gasteiger partial charge >= 0.3 is 6.09 Å². The van der Waals surface area contributed by atoms with Gasteiger partial charge in [0.25, 0.3) is 0 Å². The minimum Gasteiger partial charge on any atom is -0.453 e. The van der Waals surface area contributed by atoms with Crippen molar-refractivity contribution >= 4 is 6.09 Å². The van der Waals surface area contributed by atoms with Gasteiger partial charge in [-0.3, -0.25) is 0 Å². The molecule has 2 unspecified atom stereocenters. The summed E-state index contributed by atoms with van der Waals surface area (Å²) in [5.74, 6) is 0.608. The van der Waals surface area contributed by atoms with E-state index < -0.39 is 0 Å². The molecule has 0 saturated heterocycles. The van der Waals surface area contributed by atoms with E-state index in [1.54, 1.807) is 0 Å². The van der Waals surface area contributed by atoms with Gasteiger partial charge in [-0.2, -0.15) is 0 Å². The van der Waals surface area contributed by atoms with Crippen LogP contribution in [0.1, 0.15) is 19.3 Å². The number of alkyl carbamates (subject to hydrolysis) is 1. The van der Waals surface area contributed by atoms with Crippen LogP contribution in [0, 0.1) is 5.92 Å². The van der Waals surface area contributed by atoms with Gasteiger partial charge < -0.3 is 15.4 Å². The first-order valence-corrected chi connectivity index (χ1v) is 4.75. The predicted octanol–water partition coefficient (Wildman–Crippen LogP) is 0.731. The van der Waals surface area contributed by atoms with Crippen molar-refractivity contribution in [2.24, 2.45) is 5.92 Å². The average Bonchev–Trinajstić information content (AvgIpc) is 2.61. The number of hydrogen-bond acceptors (Lipinski definition) is 3. The first-order chi connectivity index (χ1) is 6.26. The van der Waals surface area contributed by atoms with E-state index in [0.717, 1.165) is 13.0 Å². The molecule has 0 aromatic carbocycles. The Hall–Kier alpha value is -0.770. The van der Waals surface area contributed by atoms with Gasteiger partial charge in [-0.05, 0) is 32.2 Å². The molecule has 1 saturated carbocycles. The molecule has 4 heteroatoms. The van der Waals surface area contributed by atoms with Crippen LogP contribution >= 0.6 is 0 Å². The van der Waals surface area contributed by atoms with Crippen LogP contribution in [-0.2, 0) is 4.74 Å². The van der Waals surface area contributed by atoms with Crippen molar-refractivity contribution in [1.29, 1.82) is 0 Å². The number of rotatable bonds is 3. The van der Waals surface area contributed by atoms with E-state index in [0.29, 0.717) is 12.0 Å². The maximum atomic E-state index is 10.8. The smallest absolute Gasteiger partial charge is 0.406 e. The van der Waals surface area contributed by atoms with Crippen molar-refractivity contribution in [3.63, 3.8) is 0 Å². The van der Waals surface area contributed by atoms with Gasteiger partial charge in [0.05, 0.1) is 7.11 Å². The van der Waals surface area contributed by atoms with Crippen LogP contribution < -0.4 is 10.6 Å². The number of carbonyl (C=O) groups is 1. The summed E-state index contributed by atoms with van der Waals surface area (Å²) in [6.07, 6.45) is 3.23. The Morgan fingerprint density at radius 2 is 2.31 bits per heavy atom. The monoisotopic (exact) mass is 186 g/mol. The summed E-state index contributed by atoms with van der Waals surface area (Å²) >= 11 is 0. The zero-order valence-electron chi connectivity index (χ0n) is 8.30. The Balaban J connectivity index is 2.13. The van der Waals surface area contributed by atoms with E-state index in [-0.39, 0.29) is 6.09 Å². The fourth-order valence-electron chi connectivity index (χ4n) is 1.82. The molecule has 13 heavy (non-hydrogen) atoms. The van der Waals surface area contributed by atoms with Gasteiger partial charge in [0, 0.05) is 12.6 Å². The second-order valence-corrected chi connectivity index (χ2v) is 3.54. The molecule has 0 spiro atoms. The van der Waals surface area contributed by atoms with Crippen molar-refractivity contribution in [2.45, 2.75) is 25.3 Å². The largest absolute Gasteiger partial charge is 0.453 e. The van der Waals surface area contributed by atoms with E-state index in [1.807, 2.05) is 7.05 Å². The van der Waals surface area contributed by atoms with Crippen LogP contribution in [0.15, 0.2) is 0 Å². The van der Waals surface area contributed by atoms with Gasteiger partial charge in [-0.1, -0.05) is 0 Å². The first-order valence-electron chi connectivity index (χ1n) is 4.75. The molecule has 1 amide bonds. The Morgan fingerprint density at radius 3 is 2.85 bits per heavy atom. The maximum Gasteiger partial charge on any atom is 0.406 e. The lowest BCUT2D eigenvalue weighted by molar-refractivity contribution is 0.169. The highest BCUT2D eigenvalue weighted by Crippen LogP contribution is 2.24. The van der Waals surface area contributed by atoms with Gasteiger partial charge in [-0.15, -0.1) is 0 Å². The molecule has 0 radical (unpaired) electrons. The first kappa shape index (κ1) is 10.3. The van der Waals surface area contributed by atoms with Gasteiger partial charge in [0.2, 0.25) is 0 Å². The summed E-state index contributed by atoms with van der Waals surface area (Å²) in [5, 5.41) is 5.98. The minimum atomic E-state index is -0.326. The van der Waals surface area contributed by atoms with Gasteiger partial charge in [-0.25, -0.2) is 4.79 Å². The van der Waals surface area contributed by atoms with E-state index in [2.05, 4.69) is 15.4 Å². The van der Waals surface area contributed by atoms with Crippen LogP contribution in [-0.4, -0.2) is 32.8 Å². The van der Waals surface area contributed by atoms with Crippen molar-refractivity contribution < 1.29 is 9.53 Å². The van der Waals surface area contributed by atoms with Gasteiger partial charge in [0.15, 0.2) is 0 Å². The molecule has 0 bridgehead atoms. The molecule has 2 atom stereocenters. The number of carbonyl (C=O) groups excluding carboxylic acids is 1. The van der Waals surface area contributed by atoms with Crippen LogP contribution in [0.4, 0.5) is 4.79 Å². The van der Waals surface area contributed by atoms with Crippen LogP contribution in [0.25, 0.3) is 0 Å². The quantitative estimate of drug-likeness (QED) is 0.683. The number of methoxy groups -OCH3 is 1. The molecule has 1 rings (SSSR count). The SMILES string of the molecule is CNC1CCC(CNC(=O)OC)C1. The Labute approximate surface area is 79.0 Å². The molecule has 76 valence electrons. The molecule has 1 fully saturated rings. The summed E-state index contributed by atoms with van der Waals surface area (Å²) < 4.78 is 4.50. The van der Waals surface area contributed by atoms with E-state index in [4.69, 9.17) is 0 Å². The molecular weight excluding hydrogens is 168 g/mol. The zero-order chi connectivity index (χ0) is 9.68. The second-order valence-electron chi connectivity index (χ2n) is 3.54. The lowest BCUT2D eigenvalue weighted by Gasteiger charge is -2.10. The standard InChI is InChI=1S/C9H18N2O2/c1-10-8-4-3-7(5-8)6-11-9(12)13-2/h7-8,10H,3-6H2,1-2H3,(H,11,12). The Kier molecular flexibility index (Phi) is 4.02. The fraction of sp³-hybridized carbons (Fsp3) is 0.889. The fourth-order valence-corrected chi connectivity index (χ4v) is 1.82. The number of nitrogens with one attached hydrogen (secondary N) is 2. The summed E-state index contributed by atoms with van der Waals surface area (Å²) in [4.78, 5) is 10.8. The van der Waals surface area contributed by atoms with Crippen LogP contribution in [0.2, 0.25) is 0 Å². The number of hydrogen-bond donors (Lipinski definition) is 2. The summed E-state index contributed by atoms with van der Waals surface area (Å²) in [6, 6.07) is 0.629. The second kappa shape index (κ2) is 5.07.